The van der Waals surface area contributed by atoms with Crippen LogP contribution < -0.4 is 0 Å². The van der Waals surface area contributed by atoms with E-state index in [-0.39, 0.29) is 0 Å². The molecule has 0 radical (unpaired) electrons. The van der Waals surface area contributed by atoms with E-state index in [1.165, 1.54) is 0 Å². The largest absolute Gasteiger partial charge is 0.389 e. The molecular formula is C8H17NO2S. The molecule has 2 atom stereocenters. The van der Waals surface area contributed by atoms with Gasteiger partial charge in [-0.15, -0.1) is 0 Å². The van der Waals surface area contributed by atoms with Gasteiger partial charge >= 0.3 is 0 Å². The Balaban J connectivity index is 2.10. The first-order valence-corrected chi connectivity index (χ1v) is 5.06. The molecule has 1 aliphatic rings. The monoisotopic (exact) mass is 191 g/mol. The summed E-state index contributed by atoms with van der Waals surface area (Å²) >= 11 is 4.12. The Morgan fingerprint density at radius 2 is 1.75 bits per heavy atom. The van der Waals surface area contributed by atoms with Crippen LogP contribution in [0.2, 0.25) is 0 Å². The Hall–Kier alpha value is 0.230. The molecule has 4 heteroatoms. The number of nitrogens with zero attached hydrogens (tertiary/aromatic N) is 1. The number of β-amino-alcohol motifs (C(OH)–C–C–N with tert-alkyl or cyclic N) is 2. The lowest BCUT2D eigenvalue weighted by Crippen LogP contribution is -2.23. The summed E-state index contributed by atoms with van der Waals surface area (Å²) in [6.07, 6.45) is 1.12. The maximum absolute atomic E-state index is 9.22. The second kappa shape index (κ2) is 5.07. The molecule has 1 fully saturated rings. The molecule has 2 unspecified atom stereocenters. The maximum atomic E-state index is 9.22. The molecule has 2 N–H and O–H groups in total. The molecule has 72 valence electrons. The first-order valence-electron chi connectivity index (χ1n) is 4.43. The third-order valence-corrected chi connectivity index (χ3v) is 2.53. The number of aliphatic hydroxyl groups excluding tert-OH is 2. The summed E-state index contributed by atoms with van der Waals surface area (Å²) in [4.78, 5) is 2.10. The van der Waals surface area contributed by atoms with E-state index in [2.05, 4.69) is 17.5 Å². The van der Waals surface area contributed by atoms with Crippen molar-refractivity contribution in [1.82, 2.24) is 4.90 Å². The topological polar surface area (TPSA) is 43.7 Å². The first kappa shape index (κ1) is 10.3. The molecule has 0 aromatic rings. The van der Waals surface area contributed by atoms with Crippen molar-refractivity contribution in [3.63, 3.8) is 0 Å². The molecule has 1 rings (SSSR count). The van der Waals surface area contributed by atoms with Crippen molar-refractivity contribution in [3.8, 4) is 0 Å². The fourth-order valence-corrected chi connectivity index (χ4v) is 1.70. The lowest BCUT2D eigenvalue weighted by Gasteiger charge is -2.13. The second-order valence-corrected chi connectivity index (χ2v) is 3.77. The zero-order valence-corrected chi connectivity index (χ0v) is 8.08. The molecule has 1 aliphatic heterocycles. The molecule has 1 saturated heterocycles. The van der Waals surface area contributed by atoms with Gasteiger partial charge in [0.25, 0.3) is 0 Å². The van der Waals surface area contributed by atoms with E-state index in [0.717, 1.165) is 25.1 Å². The highest BCUT2D eigenvalue weighted by molar-refractivity contribution is 7.80. The number of unbranched alkanes of at least 4 members (excludes halogenated alkanes) is 1. The van der Waals surface area contributed by atoms with Crippen LogP contribution in [0, 0.1) is 0 Å². The predicted molar refractivity (Wildman–Crippen MR) is 51.5 cm³/mol. The van der Waals surface area contributed by atoms with Crippen molar-refractivity contribution in [3.05, 3.63) is 0 Å². The van der Waals surface area contributed by atoms with E-state index in [4.69, 9.17) is 0 Å². The van der Waals surface area contributed by atoms with E-state index in [1.54, 1.807) is 0 Å². The van der Waals surface area contributed by atoms with Gasteiger partial charge in [-0.05, 0) is 25.1 Å². The molecule has 0 aliphatic carbocycles. The summed E-state index contributed by atoms with van der Waals surface area (Å²) < 4.78 is 0. The molecule has 0 amide bonds. The average molecular weight is 191 g/mol. The summed E-state index contributed by atoms with van der Waals surface area (Å²) in [6, 6.07) is 0. The van der Waals surface area contributed by atoms with Crippen LogP contribution in [-0.2, 0) is 0 Å². The van der Waals surface area contributed by atoms with Gasteiger partial charge in [0.2, 0.25) is 0 Å². The minimum atomic E-state index is -0.541. The Morgan fingerprint density at radius 1 is 1.17 bits per heavy atom. The lowest BCUT2D eigenvalue weighted by molar-refractivity contribution is 0.0572. The van der Waals surface area contributed by atoms with Gasteiger partial charge in [-0.25, -0.2) is 0 Å². The van der Waals surface area contributed by atoms with Gasteiger partial charge in [0.05, 0.1) is 12.2 Å². The minimum absolute atomic E-state index is 0.541. The van der Waals surface area contributed by atoms with Crippen LogP contribution in [0.3, 0.4) is 0 Å². The Kier molecular flexibility index (Phi) is 4.35. The second-order valence-electron chi connectivity index (χ2n) is 3.32. The fourth-order valence-electron chi connectivity index (χ4n) is 1.48. The highest BCUT2D eigenvalue weighted by Gasteiger charge is 2.28. The maximum Gasteiger partial charge on any atom is 0.0938 e. The number of hydrogen-bond donors (Lipinski definition) is 3. The van der Waals surface area contributed by atoms with Crippen molar-refractivity contribution in [1.29, 1.82) is 0 Å². The van der Waals surface area contributed by atoms with Crippen LogP contribution >= 0.6 is 12.6 Å². The van der Waals surface area contributed by atoms with E-state index < -0.39 is 12.2 Å². The van der Waals surface area contributed by atoms with E-state index in [9.17, 15) is 10.2 Å². The van der Waals surface area contributed by atoms with Gasteiger partial charge < -0.3 is 10.2 Å². The van der Waals surface area contributed by atoms with E-state index in [0.29, 0.717) is 13.1 Å². The van der Waals surface area contributed by atoms with Gasteiger partial charge in [0.1, 0.15) is 0 Å². The predicted octanol–water partition coefficient (Wildman–Crippen LogP) is -0.266. The molecule has 1 heterocycles. The average Bonchev–Trinajstić information content (AvgIpc) is 2.32. The summed E-state index contributed by atoms with van der Waals surface area (Å²) in [5.74, 6) is 0.916. The summed E-state index contributed by atoms with van der Waals surface area (Å²) in [7, 11) is 0. The highest BCUT2D eigenvalue weighted by Crippen LogP contribution is 2.10. The zero-order valence-electron chi connectivity index (χ0n) is 7.19. The molecule has 0 aromatic carbocycles. The van der Waals surface area contributed by atoms with Crippen molar-refractivity contribution in [2.45, 2.75) is 25.0 Å². The summed E-state index contributed by atoms with van der Waals surface area (Å²) in [5, 5.41) is 18.4. The summed E-state index contributed by atoms with van der Waals surface area (Å²) in [5.41, 5.74) is 0. The smallest absolute Gasteiger partial charge is 0.0938 e. The molecule has 0 aromatic heterocycles. The molecule has 0 spiro atoms. The minimum Gasteiger partial charge on any atom is -0.389 e. The van der Waals surface area contributed by atoms with Crippen LogP contribution in [-0.4, -0.2) is 52.7 Å². The van der Waals surface area contributed by atoms with Crippen LogP contribution in [0.25, 0.3) is 0 Å². The van der Waals surface area contributed by atoms with Crippen molar-refractivity contribution >= 4 is 12.6 Å². The van der Waals surface area contributed by atoms with Crippen molar-refractivity contribution in [2.24, 2.45) is 0 Å². The standard InChI is InChI=1S/C8H17NO2S/c10-7-5-9(6-8(7)11)3-1-2-4-12/h7-8,10-12H,1-6H2. The number of hydrogen-bond acceptors (Lipinski definition) is 4. The summed E-state index contributed by atoms with van der Waals surface area (Å²) in [6.45, 7) is 2.20. The molecule has 3 nitrogen and oxygen atoms in total. The number of likely N-dealkylation sites (tertiary alicyclic amines) is 1. The molecule has 0 saturated carbocycles. The lowest BCUT2D eigenvalue weighted by atomic mass is 10.3. The quantitative estimate of drug-likeness (QED) is 0.423. The Bertz CT molecular complexity index is 124. The van der Waals surface area contributed by atoms with E-state index >= 15 is 0 Å². The van der Waals surface area contributed by atoms with Crippen LogP contribution in [0.5, 0.6) is 0 Å². The Labute approximate surface area is 78.8 Å². The van der Waals surface area contributed by atoms with Gasteiger partial charge in [0, 0.05) is 13.1 Å². The Morgan fingerprint density at radius 3 is 2.25 bits per heavy atom. The van der Waals surface area contributed by atoms with Crippen molar-refractivity contribution in [2.75, 3.05) is 25.4 Å². The normalized spacial score (nSPS) is 31.2. The molecule has 12 heavy (non-hydrogen) atoms. The van der Waals surface area contributed by atoms with Crippen LogP contribution in [0.15, 0.2) is 0 Å². The van der Waals surface area contributed by atoms with E-state index in [1.807, 2.05) is 0 Å². The van der Waals surface area contributed by atoms with Crippen LogP contribution in [0.4, 0.5) is 0 Å². The molecular weight excluding hydrogens is 174 g/mol. The third-order valence-electron chi connectivity index (χ3n) is 2.22. The number of aliphatic hydroxyl groups is 2. The number of thiol groups is 1. The van der Waals surface area contributed by atoms with Gasteiger partial charge in [0.15, 0.2) is 0 Å². The highest BCUT2D eigenvalue weighted by atomic mass is 32.1. The SMILES string of the molecule is OC1CN(CCCCS)CC1O. The number of rotatable bonds is 4. The van der Waals surface area contributed by atoms with Gasteiger partial charge in [-0.3, -0.25) is 4.90 Å². The molecule has 0 bridgehead atoms. The first-order chi connectivity index (χ1) is 5.74. The van der Waals surface area contributed by atoms with Crippen molar-refractivity contribution < 1.29 is 10.2 Å². The third kappa shape index (κ3) is 2.94. The van der Waals surface area contributed by atoms with Gasteiger partial charge in [-0.1, -0.05) is 0 Å². The zero-order chi connectivity index (χ0) is 8.97. The van der Waals surface area contributed by atoms with Crippen LogP contribution in [0.1, 0.15) is 12.8 Å². The fraction of sp³-hybridized carbons (Fsp3) is 1.00. The van der Waals surface area contributed by atoms with Gasteiger partial charge in [-0.2, -0.15) is 12.6 Å².